The summed E-state index contributed by atoms with van der Waals surface area (Å²) >= 11 is 5.97. The Morgan fingerprint density at radius 3 is 2.95 bits per heavy atom. The van der Waals surface area contributed by atoms with E-state index in [-0.39, 0.29) is 0 Å². The number of hydrogen-bond acceptors (Lipinski definition) is 4. The van der Waals surface area contributed by atoms with Crippen molar-refractivity contribution in [3.8, 4) is 5.75 Å². The maximum absolute atomic E-state index is 5.97. The Balaban J connectivity index is 1.85. The Labute approximate surface area is 124 Å². The molecule has 1 heterocycles. The number of rotatable bonds is 7. The maximum Gasteiger partial charge on any atom is 0.174 e. The zero-order chi connectivity index (χ0) is 14.4. The summed E-state index contributed by atoms with van der Waals surface area (Å²) in [6.45, 7) is 6.13. The molecule has 0 fully saturated rings. The van der Waals surface area contributed by atoms with Gasteiger partial charge in [0.15, 0.2) is 5.76 Å². The first-order chi connectivity index (χ1) is 9.69. The van der Waals surface area contributed by atoms with Crippen LogP contribution in [0.4, 0.5) is 0 Å². The molecule has 0 aliphatic heterocycles. The van der Waals surface area contributed by atoms with Crippen molar-refractivity contribution in [1.82, 2.24) is 10.5 Å². The average molecular weight is 295 g/mol. The Hall–Kier alpha value is -1.52. The van der Waals surface area contributed by atoms with Gasteiger partial charge in [-0.1, -0.05) is 23.7 Å². The lowest BCUT2D eigenvalue weighted by Crippen LogP contribution is -2.13. The molecule has 0 unspecified atom stereocenters. The van der Waals surface area contributed by atoms with Crippen molar-refractivity contribution < 1.29 is 9.26 Å². The van der Waals surface area contributed by atoms with Crippen LogP contribution >= 0.6 is 11.6 Å². The summed E-state index contributed by atoms with van der Waals surface area (Å²) in [4.78, 5) is 0. The smallest absolute Gasteiger partial charge is 0.174 e. The zero-order valence-electron chi connectivity index (χ0n) is 11.8. The highest BCUT2D eigenvalue weighted by Crippen LogP contribution is 2.21. The summed E-state index contributed by atoms with van der Waals surface area (Å²) in [6, 6.07) is 7.48. The molecule has 2 rings (SSSR count). The number of nitrogens with one attached hydrogen (secondary N) is 1. The molecule has 0 saturated heterocycles. The summed E-state index contributed by atoms with van der Waals surface area (Å²) in [5, 5.41) is 8.00. The largest absolute Gasteiger partial charge is 0.486 e. The number of hydrogen-bond donors (Lipinski definition) is 1. The van der Waals surface area contributed by atoms with Crippen molar-refractivity contribution in [3.05, 3.63) is 46.3 Å². The van der Waals surface area contributed by atoms with Crippen molar-refractivity contribution in [3.63, 3.8) is 0 Å². The van der Waals surface area contributed by atoms with Crippen LogP contribution in [0.25, 0.3) is 0 Å². The van der Waals surface area contributed by atoms with Crippen LogP contribution in [0.2, 0.25) is 5.02 Å². The molecule has 1 aromatic carbocycles. The lowest BCUT2D eigenvalue weighted by Gasteiger charge is -2.05. The first-order valence-corrected chi connectivity index (χ1v) is 7.11. The quantitative estimate of drug-likeness (QED) is 0.791. The van der Waals surface area contributed by atoms with Gasteiger partial charge in [0.1, 0.15) is 12.4 Å². The molecule has 0 atom stereocenters. The fourth-order valence-electron chi connectivity index (χ4n) is 1.76. The SMILES string of the molecule is CCCNCc1cc(COc2ccc(Cl)c(C)c2)on1. The van der Waals surface area contributed by atoms with Gasteiger partial charge in [-0.05, 0) is 43.7 Å². The summed E-state index contributed by atoms with van der Waals surface area (Å²) in [5.74, 6) is 1.49. The molecule has 0 radical (unpaired) electrons. The molecule has 2 aromatic rings. The lowest BCUT2D eigenvalue weighted by atomic mass is 10.2. The molecule has 1 aromatic heterocycles. The van der Waals surface area contributed by atoms with E-state index in [4.69, 9.17) is 20.9 Å². The van der Waals surface area contributed by atoms with Crippen LogP contribution in [0, 0.1) is 6.92 Å². The minimum atomic E-state index is 0.363. The number of halogens is 1. The van der Waals surface area contributed by atoms with Crippen LogP contribution in [0.15, 0.2) is 28.8 Å². The predicted molar refractivity (Wildman–Crippen MR) is 79.0 cm³/mol. The van der Waals surface area contributed by atoms with Gasteiger partial charge in [-0.15, -0.1) is 0 Å². The number of nitrogens with zero attached hydrogens (tertiary/aromatic N) is 1. The van der Waals surface area contributed by atoms with E-state index in [2.05, 4.69) is 17.4 Å². The van der Waals surface area contributed by atoms with Gasteiger partial charge in [0, 0.05) is 17.6 Å². The van der Waals surface area contributed by atoms with E-state index in [1.165, 1.54) is 0 Å². The van der Waals surface area contributed by atoms with Crippen LogP contribution in [-0.2, 0) is 13.2 Å². The Morgan fingerprint density at radius 2 is 2.20 bits per heavy atom. The normalized spacial score (nSPS) is 10.8. The second kappa shape index (κ2) is 7.31. The summed E-state index contributed by atoms with van der Waals surface area (Å²) < 4.78 is 10.9. The molecule has 108 valence electrons. The van der Waals surface area contributed by atoms with E-state index in [1.807, 2.05) is 31.2 Å². The molecule has 0 amide bonds. The minimum Gasteiger partial charge on any atom is -0.486 e. The lowest BCUT2D eigenvalue weighted by molar-refractivity contribution is 0.248. The second-order valence-electron chi connectivity index (χ2n) is 4.66. The molecule has 4 nitrogen and oxygen atoms in total. The van der Waals surface area contributed by atoms with E-state index >= 15 is 0 Å². The highest BCUT2D eigenvalue weighted by molar-refractivity contribution is 6.31. The van der Waals surface area contributed by atoms with Crippen LogP contribution in [-0.4, -0.2) is 11.7 Å². The molecule has 0 saturated carbocycles. The van der Waals surface area contributed by atoms with Gasteiger partial charge in [-0.25, -0.2) is 0 Å². The second-order valence-corrected chi connectivity index (χ2v) is 5.07. The van der Waals surface area contributed by atoms with Gasteiger partial charge < -0.3 is 14.6 Å². The topological polar surface area (TPSA) is 47.3 Å². The van der Waals surface area contributed by atoms with E-state index in [9.17, 15) is 0 Å². The highest BCUT2D eigenvalue weighted by atomic mass is 35.5. The van der Waals surface area contributed by atoms with Gasteiger partial charge in [0.2, 0.25) is 0 Å². The summed E-state index contributed by atoms with van der Waals surface area (Å²) in [6.07, 6.45) is 1.10. The van der Waals surface area contributed by atoms with E-state index in [0.29, 0.717) is 12.4 Å². The summed E-state index contributed by atoms with van der Waals surface area (Å²) in [5.41, 5.74) is 1.88. The van der Waals surface area contributed by atoms with Gasteiger partial charge >= 0.3 is 0 Å². The average Bonchev–Trinajstić information content (AvgIpc) is 2.88. The third-order valence-electron chi connectivity index (χ3n) is 2.85. The third-order valence-corrected chi connectivity index (χ3v) is 3.28. The first kappa shape index (κ1) is 14.9. The van der Waals surface area contributed by atoms with E-state index in [0.717, 1.165) is 41.5 Å². The Kier molecular flexibility index (Phi) is 5.44. The molecule has 0 aliphatic carbocycles. The fraction of sp³-hybridized carbons (Fsp3) is 0.400. The Bertz CT molecular complexity index is 555. The van der Waals surface area contributed by atoms with Crippen molar-refractivity contribution in [1.29, 1.82) is 0 Å². The molecule has 5 heteroatoms. The van der Waals surface area contributed by atoms with Gasteiger partial charge in [0.25, 0.3) is 0 Å². The van der Waals surface area contributed by atoms with Crippen molar-refractivity contribution in [2.24, 2.45) is 0 Å². The third kappa shape index (κ3) is 4.25. The van der Waals surface area contributed by atoms with Crippen LogP contribution < -0.4 is 10.1 Å². The Morgan fingerprint density at radius 1 is 1.35 bits per heavy atom. The monoisotopic (exact) mass is 294 g/mol. The molecule has 0 aliphatic rings. The van der Waals surface area contributed by atoms with Crippen LogP contribution in [0.5, 0.6) is 5.75 Å². The van der Waals surface area contributed by atoms with Crippen molar-refractivity contribution >= 4 is 11.6 Å². The first-order valence-electron chi connectivity index (χ1n) is 6.73. The molecule has 0 bridgehead atoms. The molecule has 20 heavy (non-hydrogen) atoms. The standard InChI is InChI=1S/C15H19ClN2O2/c1-3-6-17-9-12-8-14(20-18-12)10-19-13-4-5-15(16)11(2)7-13/h4-5,7-8,17H,3,6,9-10H2,1-2H3. The molecular weight excluding hydrogens is 276 g/mol. The maximum atomic E-state index is 5.97. The highest BCUT2D eigenvalue weighted by Gasteiger charge is 2.05. The number of aryl methyl sites for hydroxylation is 1. The van der Waals surface area contributed by atoms with Crippen molar-refractivity contribution in [2.45, 2.75) is 33.4 Å². The van der Waals surface area contributed by atoms with Crippen LogP contribution in [0.1, 0.15) is 30.4 Å². The fourth-order valence-corrected chi connectivity index (χ4v) is 1.88. The van der Waals surface area contributed by atoms with Crippen molar-refractivity contribution in [2.75, 3.05) is 6.54 Å². The van der Waals surface area contributed by atoms with E-state index < -0.39 is 0 Å². The van der Waals surface area contributed by atoms with Gasteiger partial charge in [-0.3, -0.25) is 0 Å². The number of ether oxygens (including phenoxy) is 1. The predicted octanol–water partition coefficient (Wildman–Crippen LogP) is 3.72. The van der Waals surface area contributed by atoms with Gasteiger partial charge in [-0.2, -0.15) is 0 Å². The van der Waals surface area contributed by atoms with Gasteiger partial charge in [0.05, 0.1) is 5.69 Å². The zero-order valence-corrected chi connectivity index (χ0v) is 12.5. The molecular formula is C15H19ClN2O2. The molecule has 1 N–H and O–H groups in total. The number of aromatic nitrogens is 1. The van der Waals surface area contributed by atoms with Crippen LogP contribution in [0.3, 0.4) is 0 Å². The summed E-state index contributed by atoms with van der Waals surface area (Å²) in [7, 11) is 0. The number of benzene rings is 1. The minimum absolute atomic E-state index is 0.363. The van der Waals surface area contributed by atoms with E-state index in [1.54, 1.807) is 0 Å². The molecule has 0 spiro atoms.